The van der Waals surface area contributed by atoms with Crippen LogP contribution in [0.2, 0.25) is 0 Å². The Kier molecular flexibility index (Phi) is 3.87. The smallest absolute Gasteiger partial charge is 0.294 e. The van der Waals surface area contributed by atoms with Crippen molar-refractivity contribution in [3.8, 4) is 5.19 Å². The van der Waals surface area contributed by atoms with E-state index in [1.807, 2.05) is 0 Å². The summed E-state index contributed by atoms with van der Waals surface area (Å²) in [4.78, 5) is 0. The fourth-order valence-electron chi connectivity index (χ4n) is 1.46. The maximum Gasteiger partial charge on any atom is 0.294 e. The van der Waals surface area contributed by atoms with Gasteiger partial charge in [-0.15, -0.1) is 5.10 Å². The van der Waals surface area contributed by atoms with Gasteiger partial charge in [0.05, 0.1) is 13.2 Å². The van der Waals surface area contributed by atoms with Gasteiger partial charge in [0.1, 0.15) is 5.01 Å². The van der Waals surface area contributed by atoms with Gasteiger partial charge in [0, 0.05) is 13.2 Å². The zero-order valence-corrected chi connectivity index (χ0v) is 9.20. The minimum Gasteiger partial charge on any atom is -0.469 e. The first-order valence-electron chi connectivity index (χ1n) is 5.02. The first kappa shape index (κ1) is 10.8. The predicted octanol–water partition coefficient (Wildman–Crippen LogP) is 0.836. The molecule has 1 N–H and O–H groups in total. The molecule has 1 aromatic rings. The number of rotatable bonds is 4. The fraction of sp³-hybridized carbons (Fsp3) is 0.778. The van der Waals surface area contributed by atoms with Crippen molar-refractivity contribution in [3.05, 3.63) is 5.01 Å². The molecule has 2 rings (SSSR count). The topological polar surface area (TPSA) is 64.5 Å². The molecule has 15 heavy (non-hydrogen) atoms. The van der Waals surface area contributed by atoms with E-state index >= 15 is 0 Å². The van der Waals surface area contributed by atoms with Crippen LogP contribution in [-0.2, 0) is 11.3 Å². The maximum absolute atomic E-state index is 8.80. The van der Waals surface area contributed by atoms with E-state index < -0.39 is 0 Å². The van der Waals surface area contributed by atoms with Gasteiger partial charge in [-0.05, 0) is 18.8 Å². The summed E-state index contributed by atoms with van der Waals surface area (Å²) in [6, 6.07) is 0. The van der Waals surface area contributed by atoms with E-state index in [2.05, 4.69) is 10.2 Å². The van der Waals surface area contributed by atoms with Crippen LogP contribution in [0.4, 0.5) is 0 Å². The molecule has 5 nitrogen and oxygen atoms in total. The summed E-state index contributed by atoms with van der Waals surface area (Å²) in [7, 11) is 0. The van der Waals surface area contributed by atoms with Gasteiger partial charge >= 0.3 is 0 Å². The van der Waals surface area contributed by atoms with E-state index in [1.54, 1.807) is 0 Å². The maximum atomic E-state index is 8.80. The normalized spacial score (nSPS) is 17.9. The molecule has 1 fully saturated rings. The number of aliphatic hydroxyl groups excluding tert-OH is 1. The van der Waals surface area contributed by atoms with Gasteiger partial charge in [-0.2, -0.15) is 0 Å². The van der Waals surface area contributed by atoms with E-state index in [9.17, 15) is 0 Å². The summed E-state index contributed by atoms with van der Waals surface area (Å²) in [5.41, 5.74) is 0. The molecule has 0 amide bonds. The van der Waals surface area contributed by atoms with Gasteiger partial charge < -0.3 is 14.6 Å². The van der Waals surface area contributed by atoms with Gasteiger partial charge in [-0.25, -0.2) is 0 Å². The third-order valence-corrected chi connectivity index (χ3v) is 3.19. The molecule has 0 radical (unpaired) electrons. The number of nitrogens with zero attached hydrogens (tertiary/aromatic N) is 2. The first-order chi connectivity index (χ1) is 7.38. The average Bonchev–Trinajstić information content (AvgIpc) is 2.76. The summed E-state index contributed by atoms with van der Waals surface area (Å²) in [5, 5.41) is 17.5. The lowest BCUT2D eigenvalue weighted by Gasteiger charge is -2.21. The molecule has 1 aromatic heterocycles. The highest BCUT2D eigenvalue weighted by atomic mass is 32.1. The molecular weight excluding hydrogens is 216 g/mol. The average molecular weight is 230 g/mol. The number of hydrogen-bond donors (Lipinski definition) is 1. The molecule has 0 saturated carbocycles. The first-order valence-corrected chi connectivity index (χ1v) is 5.84. The predicted molar refractivity (Wildman–Crippen MR) is 54.9 cm³/mol. The lowest BCUT2D eigenvalue weighted by Crippen LogP contribution is -2.21. The summed E-state index contributed by atoms with van der Waals surface area (Å²) in [6.07, 6.45) is 2.09. The molecule has 0 aliphatic carbocycles. The SMILES string of the molecule is OCc1nnc(OCC2CCOCC2)s1. The van der Waals surface area contributed by atoms with Gasteiger partial charge in [0.15, 0.2) is 0 Å². The summed E-state index contributed by atoms with van der Waals surface area (Å²) in [6.45, 7) is 2.25. The van der Waals surface area contributed by atoms with Crippen molar-refractivity contribution in [2.45, 2.75) is 19.4 Å². The van der Waals surface area contributed by atoms with Gasteiger partial charge in [-0.1, -0.05) is 16.4 Å². The molecule has 84 valence electrons. The summed E-state index contributed by atoms with van der Waals surface area (Å²) < 4.78 is 10.8. The van der Waals surface area contributed by atoms with E-state index in [-0.39, 0.29) is 6.61 Å². The lowest BCUT2D eigenvalue weighted by molar-refractivity contribution is 0.0496. The van der Waals surface area contributed by atoms with Crippen molar-refractivity contribution in [1.82, 2.24) is 10.2 Å². The Morgan fingerprint density at radius 3 is 2.87 bits per heavy atom. The lowest BCUT2D eigenvalue weighted by atomic mass is 10.0. The van der Waals surface area contributed by atoms with Gasteiger partial charge in [0.2, 0.25) is 0 Å². The zero-order valence-electron chi connectivity index (χ0n) is 8.39. The number of aromatic nitrogens is 2. The van der Waals surface area contributed by atoms with Crippen LogP contribution >= 0.6 is 11.3 Å². The molecule has 1 saturated heterocycles. The van der Waals surface area contributed by atoms with E-state index in [4.69, 9.17) is 14.6 Å². The Bertz CT molecular complexity index is 299. The summed E-state index contributed by atoms with van der Waals surface area (Å²) >= 11 is 1.30. The largest absolute Gasteiger partial charge is 0.469 e. The Labute approximate surface area is 92.0 Å². The Balaban J connectivity index is 1.76. The zero-order chi connectivity index (χ0) is 10.5. The number of ether oxygens (including phenoxy) is 2. The van der Waals surface area contributed by atoms with Crippen molar-refractivity contribution < 1.29 is 14.6 Å². The standard InChI is InChI=1S/C9H14N2O3S/c12-5-8-10-11-9(15-8)14-6-7-1-3-13-4-2-7/h7,12H,1-6H2. The van der Waals surface area contributed by atoms with Crippen LogP contribution in [0.25, 0.3) is 0 Å². The van der Waals surface area contributed by atoms with E-state index in [0.717, 1.165) is 26.1 Å². The van der Waals surface area contributed by atoms with Crippen molar-refractivity contribution in [2.24, 2.45) is 5.92 Å². The van der Waals surface area contributed by atoms with Crippen molar-refractivity contribution in [1.29, 1.82) is 0 Å². The van der Waals surface area contributed by atoms with Crippen molar-refractivity contribution in [3.63, 3.8) is 0 Å². The quantitative estimate of drug-likeness (QED) is 0.830. The van der Waals surface area contributed by atoms with Crippen LogP contribution < -0.4 is 4.74 Å². The van der Waals surface area contributed by atoms with Crippen LogP contribution in [0, 0.1) is 5.92 Å². The Hall–Kier alpha value is -0.720. The molecule has 1 aliphatic rings. The van der Waals surface area contributed by atoms with Crippen molar-refractivity contribution >= 4 is 11.3 Å². The monoisotopic (exact) mass is 230 g/mol. The highest BCUT2D eigenvalue weighted by molar-refractivity contribution is 7.13. The van der Waals surface area contributed by atoms with Crippen molar-refractivity contribution in [2.75, 3.05) is 19.8 Å². The van der Waals surface area contributed by atoms with Crippen LogP contribution in [0.3, 0.4) is 0 Å². The summed E-state index contributed by atoms with van der Waals surface area (Å²) in [5.74, 6) is 0.556. The minimum absolute atomic E-state index is 0.0711. The molecule has 0 aromatic carbocycles. The Morgan fingerprint density at radius 1 is 1.40 bits per heavy atom. The van der Waals surface area contributed by atoms with Crippen LogP contribution in [0.1, 0.15) is 17.8 Å². The molecule has 0 unspecified atom stereocenters. The minimum atomic E-state index is -0.0711. The van der Waals surface area contributed by atoms with Crippen LogP contribution in [-0.4, -0.2) is 35.1 Å². The van der Waals surface area contributed by atoms with E-state index in [1.165, 1.54) is 11.3 Å². The second kappa shape index (κ2) is 5.39. The number of aliphatic hydroxyl groups is 1. The highest BCUT2D eigenvalue weighted by Crippen LogP contribution is 2.20. The molecule has 0 spiro atoms. The second-order valence-electron chi connectivity index (χ2n) is 3.49. The van der Waals surface area contributed by atoms with Gasteiger partial charge in [-0.3, -0.25) is 0 Å². The number of hydrogen-bond acceptors (Lipinski definition) is 6. The third kappa shape index (κ3) is 3.12. The molecular formula is C9H14N2O3S. The molecule has 0 bridgehead atoms. The van der Waals surface area contributed by atoms with Gasteiger partial charge in [0.25, 0.3) is 5.19 Å². The molecule has 2 heterocycles. The molecule has 6 heteroatoms. The second-order valence-corrected chi connectivity index (χ2v) is 4.51. The third-order valence-electron chi connectivity index (χ3n) is 2.37. The fourth-order valence-corrected chi connectivity index (χ4v) is 2.02. The molecule has 1 aliphatic heterocycles. The van der Waals surface area contributed by atoms with Crippen LogP contribution in [0.5, 0.6) is 5.19 Å². The van der Waals surface area contributed by atoms with Crippen LogP contribution in [0.15, 0.2) is 0 Å². The molecule has 0 atom stereocenters. The van der Waals surface area contributed by atoms with E-state index in [0.29, 0.717) is 22.7 Å². The Morgan fingerprint density at radius 2 is 2.20 bits per heavy atom. The highest BCUT2D eigenvalue weighted by Gasteiger charge is 2.15.